The predicted octanol–water partition coefficient (Wildman–Crippen LogP) is 1.21. The van der Waals surface area contributed by atoms with Gasteiger partial charge in [-0.05, 0) is 51.9 Å². The molecule has 0 aromatic rings. The minimum atomic E-state index is 0. The summed E-state index contributed by atoms with van der Waals surface area (Å²) in [5.41, 5.74) is 0. The molecule has 1 rings (SSSR count). The van der Waals surface area contributed by atoms with Gasteiger partial charge in [0, 0.05) is 14.1 Å². The quantitative estimate of drug-likeness (QED) is 0.820. The number of nitrogens with one attached hydrogen (secondary N) is 1. The average molecular weight is 278 g/mol. The summed E-state index contributed by atoms with van der Waals surface area (Å²) in [4.78, 5) is 15.9. The Labute approximate surface area is 117 Å². The molecule has 1 aliphatic heterocycles. The molecular formula is C13H28ClN3O. The molecule has 1 unspecified atom stereocenters. The molecule has 0 spiro atoms. The number of likely N-dealkylation sites (N-methyl/N-ethyl adjacent to an activating group) is 1. The van der Waals surface area contributed by atoms with Gasteiger partial charge >= 0.3 is 0 Å². The number of halogens is 1. The molecule has 1 saturated heterocycles. The Hall–Kier alpha value is -0.320. The van der Waals surface area contributed by atoms with Crippen LogP contribution in [-0.2, 0) is 4.79 Å². The smallest absolute Gasteiger partial charge is 0.239 e. The number of likely N-dealkylation sites (tertiary alicyclic amines) is 1. The van der Waals surface area contributed by atoms with Gasteiger partial charge in [0.1, 0.15) is 0 Å². The van der Waals surface area contributed by atoms with E-state index >= 15 is 0 Å². The molecule has 1 atom stereocenters. The van der Waals surface area contributed by atoms with Gasteiger partial charge in [-0.3, -0.25) is 9.69 Å². The normalized spacial score (nSPS) is 19.1. The largest absolute Gasteiger partial charge is 0.347 e. The number of amides is 1. The van der Waals surface area contributed by atoms with E-state index < -0.39 is 0 Å². The predicted molar refractivity (Wildman–Crippen MR) is 78.2 cm³/mol. The van der Waals surface area contributed by atoms with Gasteiger partial charge in [0.25, 0.3) is 0 Å². The van der Waals surface area contributed by atoms with Crippen LogP contribution in [0.3, 0.4) is 0 Å². The molecule has 1 aliphatic rings. The average Bonchev–Trinajstić information content (AvgIpc) is 2.35. The Morgan fingerprint density at radius 3 is 2.39 bits per heavy atom. The Bertz CT molecular complexity index is 240. The first kappa shape index (κ1) is 17.7. The standard InChI is InChI=1S/C13H27N3O.ClH/c1-5-14-10-12-6-8-16(9-7-12)11(2)13(17)15(3)4;/h11-12,14H,5-10H2,1-4H3;1H. The Morgan fingerprint density at radius 2 is 1.94 bits per heavy atom. The zero-order valence-corrected chi connectivity index (χ0v) is 12.9. The van der Waals surface area contributed by atoms with E-state index in [4.69, 9.17) is 0 Å². The van der Waals surface area contributed by atoms with Crippen LogP contribution < -0.4 is 5.32 Å². The number of hydrogen-bond donors (Lipinski definition) is 1. The number of carbonyl (C=O) groups excluding carboxylic acids is 1. The number of hydrogen-bond acceptors (Lipinski definition) is 3. The maximum Gasteiger partial charge on any atom is 0.239 e. The molecule has 1 amide bonds. The zero-order valence-electron chi connectivity index (χ0n) is 12.1. The van der Waals surface area contributed by atoms with E-state index in [2.05, 4.69) is 17.1 Å². The van der Waals surface area contributed by atoms with E-state index in [-0.39, 0.29) is 24.4 Å². The lowest BCUT2D eigenvalue weighted by molar-refractivity contribution is -0.134. The third-order valence-electron chi connectivity index (χ3n) is 3.68. The highest BCUT2D eigenvalue weighted by molar-refractivity contribution is 5.85. The van der Waals surface area contributed by atoms with Crippen LogP contribution >= 0.6 is 12.4 Å². The number of carbonyl (C=O) groups is 1. The first-order valence-electron chi connectivity index (χ1n) is 6.72. The first-order chi connectivity index (χ1) is 8.06. The Kier molecular flexibility index (Phi) is 8.57. The second kappa shape index (κ2) is 8.73. The molecule has 0 aliphatic carbocycles. The monoisotopic (exact) mass is 277 g/mol. The molecule has 1 heterocycles. The maximum absolute atomic E-state index is 11.9. The summed E-state index contributed by atoms with van der Waals surface area (Å²) >= 11 is 0. The number of piperidine rings is 1. The van der Waals surface area contributed by atoms with Crippen LogP contribution in [0.2, 0.25) is 0 Å². The minimum absolute atomic E-state index is 0. The van der Waals surface area contributed by atoms with Crippen LogP contribution in [0, 0.1) is 5.92 Å². The van der Waals surface area contributed by atoms with Crippen LogP contribution in [-0.4, -0.2) is 62.0 Å². The molecule has 18 heavy (non-hydrogen) atoms. The van der Waals surface area contributed by atoms with Crippen molar-refractivity contribution in [2.75, 3.05) is 40.3 Å². The third kappa shape index (κ3) is 5.12. The zero-order chi connectivity index (χ0) is 12.8. The molecule has 1 fully saturated rings. The fourth-order valence-corrected chi connectivity index (χ4v) is 2.42. The van der Waals surface area contributed by atoms with Crippen molar-refractivity contribution in [3.8, 4) is 0 Å². The lowest BCUT2D eigenvalue weighted by atomic mass is 9.95. The van der Waals surface area contributed by atoms with E-state index in [0.29, 0.717) is 0 Å². The number of nitrogens with zero attached hydrogens (tertiary/aromatic N) is 2. The minimum Gasteiger partial charge on any atom is -0.347 e. The van der Waals surface area contributed by atoms with E-state index in [1.54, 1.807) is 4.90 Å². The van der Waals surface area contributed by atoms with E-state index in [0.717, 1.165) is 32.1 Å². The van der Waals surface area contributed by atoms with E-state index in [9.17, 15) is 4.79 Å². The molecule has 1 N–H and O–H groups in total. The van der Waals surface area contributed by atoms with E-state index in [1.165, 1.54) is 12.8 Å². The highest BCUT2D eigenvalue weighted by atomic mass is 35.5. The van der Waals surface area contributed by atoms with Crippen LogP contribution in [0.1, 0.15) is 26.7 Å². The second-order valence-electron chi connectivity index (χ2n) is 5.20. The van der Waals surface area contributed by atoms with Gasteiger partial charge in [-0.25, -0.2) is 0 Å². The van der Waals surface area contributed by atoms with Crippen LogP contribution in [0.15, 0.2) is 0 Å². The summed E-state index contributed by atoms with van der Waals surface area (Å²) in [6.45, 7) is 8.45. The van der Waals surface area contributed by atoms with Gasteiger partial charge in [-0.15, -0.1) is 12.4 Å². The van der Waals surface area contributed by atoms with Gasteiger partial charge in [0.15, 0.2) is 0 Å². The molecule has 5 heteroatoms. The summed E-state index contributed by atoms with van der Waals surface area (Å²) in [5, 5.41) is 3.41. The van der Waals surface area contributed by atoms with Crippen molar-refractivity contribution in [2.24, 2.45) is 5.92 Å². The van der Waals surface area contributed by atoms with Crippen LogP contribution in [0.25, 0.3) is 0 Å². The van der Waals surface area contributed by atoms with Crippen LogP contribution in [0.5, 0.6) is 0 Å². The molecule has 0 radical (unpaired) electrons. The van der Waals surface area contributed by atoms with Gasteiger partial charge in [-0.1, -0.05) is 6.92 Å². The molecule has 0 aromatic heterocycles. The molecule has 108 valence electrons. The topological polar surface area (TPSA) is 35.6 Å². The number of rotatable bonds is 5. The fourth-order valence-electron chi connectivity index (χ4n) is 2.42. The Balaban J connectivity index is 0.00000289. The highest BCUT2D eigenvalue weighted by Crippen LogP contribution is 2.18. The summed E-state index contributed by atoms with van der Waals surface area (Å²) in [5.74, 6) is 1.00. The van der Waals surface area contributed by atoms with Gasteiger partial charge < -0.3 is 10.2 Å². The Morgan fingerprint density at radius 1 is 1.39 bits per heavy atom. The maximum atomic E-state index is 11.9. The van der Waals surface area contributed by atoms with E-state index in [1.807, 2.05) is 21.0 Å². The van der Waals surface area contributed by atoms with Crippen molar-refractivity contribution in [1.82, 2.24) is 15.1 Å². The van der Waals surface area contributed by atoms with Crippen molar-refractivity contribution >= 4 is 18.3 Å². The fraction of sp³-hybridized carbons (Fsp3) is 0.923. The molecule has 0 saturated carbocycles. The molecular weight excluding hydrogens is 250 g/mol. The lowest BCUT2D eigenvalue weighted by Gasteiger charge is -2.36. The van der Waals surface area contributed by atoms with Gasteiger partial charge in [0.2, 0.25) is 5.91 Å². The summed E-state index contributed by atoms with van der Waals surface area (Å²) in [6, 6.07) is 0.0325. The summed E-state index contributed by atoms with van der Waals surface area (Å²) in [7, 11) is 3.66. The highest BCUT2D eigenvalue weighted by Gasteiger charge is 2.26. The first-order valence-corrected chi connectivity index (χ1v) is 6.72. The second-order valence-corrected chi connectivity index (χ2v) is 5.20. The van der Waals surface area contributed by atoms with Crippen LogP contribution in [0.4, 0.5) is 0 Å². The van der Waals surface area contributed by atoms with Crippen molar-refractivity contribution in [2.45, 2.75) is 32.7 Å². The van der Waals surface area contributed by atoms with Gasteiger partial charge in [-0.2, -0.15) is 0 Å². The SMILES string of the molecule is CCNCC1CCN(C(C)C(=O)N(C)C)CC1.Cl. The van der Waals surface area contributed by atoms with Gasteiger partial charge in [0.05, 0.1) is 6.04 Å². The van der Waals surface area contributed by atoms with Crippen molar-refractivity contribution in [3.63, 3.8) is 0 Å². The van der Waals surface area contributed by atoms with Crippen molar-refractivity contribution in [1.29, 1.82) is 0 Å². The molecule has 0 aromatic carbocycles. The summed E-state index contributed by atoms with van der Waals surface area (Å²) in [6.07, 6.45) is 2.41. The molecule has 4 nitrogen and oxygen atoms in total. The summed E-state index contributed by atoms with van der Waals surface area (Å²) < 4.78 is 0. The van der Waals surface area contributed by atoms with Crippen molar-refractivity contribution < 1.29 is 4.79 Å². The lowest BCUT2D eigenvalue weighted by Crippen LogP contribution is -2.48. The van der Waals surface area contributed by atoms with Crippen molar-refractivity contribution in [3.05, 3.63) is 0 Å². The third-order valence-corrected chi connectivity index (χ3v) is 3.68. The molecule has 0 bridgehead atoms.